The highest BCUT2D eigenvalue weighted by atomic mass is 19.1. The minimum absolute atomic E-state index is 0.180. The molecule has 0 N–H and O–H groups in total. The van der Waals surface area contributed by atoms with Crippen molar-refractivity contribution in [2.75, 3.05) is 24.5 Å². The van der Waals surface area contributed by atoms with Crippen LogP contribution in [0.25, 0.3) is 11.1 Å². The standard InChI is InChI=1S/C26H27FN6O5/c1-26(2,3)38-24(35)31-12-17(13-31)23(34)22-7-4-16(11-28-22)20-6-5-18(10-21(20)27)33-15-19(37-25(33)36)14-32-9-8-29-30-32/h4-11,17,19H,12-15H2,1-3H3/t19-/m0/s1. The predicted molar refractivity (Wildman–Crippen MR) is 133 cm³/mol. The number of aromatic nitrogens is 4. The number of cyclic esters (lactones) is 1. The molecule has 0 unspecified atom stereocenters. The van der Waals surface area contributed by atoms with Gasteiger partial charge in [0.15, 0.2) is 5.78 Å². The van der Waals surface area contributed by atoms with Crippen molar-refractivity contribution in [3.63, 3.8) is 0 Å². The maximum Gasteiger partial charge on any atom is 0.414 e. The highest BCUT2D eigenvalue weighted by Gasteiger charge is 2.38. The fraction of sp³-hybridized carbons (Fsp3) is 0.385. The summed E-state index contributed by atoms with van der Waals surface area (Å²) in [5.74, 6) is -1.08. The molecule has 2 saturated heterocycles. The van der Waals surface area contributed by atoms with Gasteiger partial charge < -0.3 is 14.4 Å². The van der Waals surface area contributed by atoms with Crippen LogP contribution >= 0.6 is 0 Å². The molecule has 2 aromatic heterocycles. The molecule has 198 valence electrons. The Labute approximate surface area is 218 Å². The van der Waals surface area contributed by atoms with Crippen LogP contribution in [0, 0.1) is 11.7 Å². The molecule has 0 saturated carbocycles. The number of carbonyl (C=O) groups is 3. The largest absolute Gasteiger partial charge is 0.444 e. The maximum absolute atomic E-state index is 15.1. The monoisotopic (exact) mass is 522 g/mol. The number of Topliss-reactive ketones (excluding diaryl/α,β-unsaturated/α-hetero) is 1. The lowest BCUT2D eigenvalue weighted by Gasteiger charge is -2.38. The number of anilines is 1. The number of pyridine rings is 1. The molecule has 4 heterocycles. The highest BCUT2D eigenvalue weighted by Crippen LogP contribution is 2.30. The molecule has 0 aliphatic carbocycles. The molecule has 0 radical (unpaired) electrons. The summed E-state index contributed by atoms with van der Waals surface area (Å²) in [4.78, 5) is 44.3. The van der Waals surface area contributed by atoms with Crippen LogP contribution in [-0.2, 0) is 16.0 Å². The normalized spacial score (nSPS) is 17.8. The fourth-order valence-corrected chi connectivity index (χ4v) is 4.30. The number of amides is 2. The molecular weight excluding hydrogens is 495 g/mol. The van der Waals surface area contributed by atoms with Gasteiger partial charge >= 0.3 is 12.2 Å². The Balaban J connectivity index is 1.20. The van der Waals surface area contributed by atoms with Gasteiger partial charge in [-0.3, -0.25) is 14.7 Å². The van der Waals surface area contributed by atoms with Crippen LogP contribution in [0.3, 0.4) is 0 Å². The molecule has 2 fully saturated rings. The zero-order valence-electron chi connectivity index (χ0n) is 21.2. The molecule has 38 heavy (non-hydrogen) atoms. The quantitative estimate of drug-likeness (QED) is 0.451. The molecule has 2 aliphatic heterocycles. The summed E-state index contributed by atoms with van der Waals surface area (Å²) in [7, 11) is 0. The molecule has 11 nitrogen and oxygen atoms in total. The summed E-state index contributed by atoms with van der Waals surface area (Å²) < 4.78 is 27.3. The molecule has 12 heteroatoms. The third kappa shape index (κ3) is 5.34. The second-order valence-corrected chi connectivity index (χ2v) is 10.3. The number of benzene rings is 1. The number of rotatable bonds is 6. The van der Waals surface area contributed by atoms with Crippen molar-refractivity contribution in [2.45, 2.75) is 39.0 Å². The summed E-state index contributed by atoms with van der Waals surface area (Å²) in [6.45, 7) is 6.49. The summed E-state index contributed by atoms with van der Waals surface area (Å²) in [5, 5.41) is 7.60. The lowest BCUT2D eigenvalue weighted by atomic mass is 9.93. The molecule has 2 amide bonds. The number of ketones is 1. The number of ether oxygens (including phenoxy) is 2. The van der Waals surface area contributed by atoms with Gasteiger partial charge in [-0.15, -0.1) is 5.10 Å². The molecule has 2 aliphatic rings. The van der Waals surface area contributed by atoms with E-state index in [1.54, 1.807) is 55.9 Å². The summed E-state index contributed by atoms with van der Waals surface area (Å²) in [6.07, 6.45) is 3.20. The van der Waals surface area contributed by atoms with Gasteiger partial charge in [-0.1, -0.05) is 11.3 Å². The molecule has 0 spiro atoms. The van der Waals surface area contributed by atoms with Crippen molar-refractivity contribution in [2.24, 2.45) is 5.92 Å². The lowest BCUT2D eigenvalue weighted by Crippen LogP contribution is -2.54. The first-order valence-electron chi connectivity index (χ1n) is 12.2. The fourth-order valence-electron chi connectivity index (χ4n) is 4.30. The van der Waals surface area contributed by atoms with Gasteiger partial charge in [-0.2, -0.15) is 0 Å². The van der Waals surface area contributed by atoms with Crippen LogP contribution in [-0.4, -0.2) is 74.2 Å². The molecule has 1 atom stereocenters. The van der Waals surface area contributed by atoms with Crippen LogP contribution in [0.5, 0.6) is 0 Å². The second kappa shape index (κ2) is 9.84. The van der Waals surface area contributed by atoms with Crippen molar-refractivity contribution < 1.29 is 28.2 Å². The van der Waals surface area contributed by atoms with E-state index in [0.717, 1.165) is 0 Å². The van der Waals surface area contributed by atoms with Gasteiger partial charge in [0, 0.05) is 36.6 Å². The molecule has 1 aromatic carbocycles. The number of carbonyl (C=O) groups excluding carboxylic acids is 3. The minimum atomic E-state index is -0.601. The third-order valence-corrected chi connectivity index (χ3v) is 6.23. The van der Waals surface area contributed by atoms with Gasteiger partial charge in [0.25, 0.3) is 0 Å². The SMILES string of the molecule is CC(C)(C)OC(=O)N1CC(C(=O)c2ccc(-c3ccc(N4C[C@H](Cn5ccnn5)OC4=O)cc3F)cn2)C1. The van der Waals surface area contributed by atoms with E-state index in [1.807, 2.05) is 0 Å². The smallest absolute Gasteiger partial charge is 0.414 e. The second-order valence-electron chi connectivity index (χ2n) is 10.3. The van der Waals surface area contributed by atoms with Crippen LogP contribution in [0.1, 0.15) is 31.3 Å². The first-order valence-corrected chi connectivity index (χ1v) is 12.2. The van der Waals surface area contributed by atoms with Crippen molar-refractivity contribution in [3.8, 4) is 11.1 Å². The summed E-state index contributed by atoms with van der Waals surface area (Å²) in [5.41, 5.74) is 0.791. The van der Waals surface area contributed by atoms with E-state index < -0.39 is 29.7 Å². The zero-order chi connectivity index (χ0) is 27.0. The van der Waals surface area contributed by atoms with Gasteiger partial charge in [-0.05, 0) is 45.0 Å². The molecule has 3 aromatic rings. The number of likely N-dealkylation sites (tertiary alicyclic amines) is 1. The lowest BCUT2D eigenvalue weighted by molar-refractivity contribution is 0.00139. The van der Waals surface area contributed by atoms with Crippen LogP contribution in [0.4, 0.5) is 19.7 Å². The van der Waals surface area contributed by atoms with Crippen molar-refractivity contribution in [1.82, 2.24) is 24.9 Å². The van der Waals surface area contributed by atoms with Crippen LogP contribution < -0.4 is 4.90 Å². The first kappa shape index (κ1) is 25.3. The Morgan fingerprint density at radius 3 is 2.58 bits per heavy atom. The average molecular weight is 523 g/mol. The molecule has 0 bridgehead atoms. The Morgan fingerprint density at radius 2 is 1.95 bits per heavy atom. The Hall–Kier alpha value is -4.35. The highest BCUT2D eigenvalue weighted by molar-refractivity contribution is 5.98. The number of halogens is 1. The van der Waals surface area contributed by atoms with Gasteiger partial charge in [-0.25, -0.2) is 18.7 Å². The average Bonchev–Trinajstić information content (AvgIpc) is 3.46. The zero-order valence-corrected chi connectivity index (χ0v) is 21.2. The number of nitrogens with zero attached hydrogens (tertiary/aromatic N) is 6. The Kier molecular flexibility index (Phi) is 6.55. The van der Waals surface area contributed by atoms with Gasteiger partial charge in [0.05, 0.1) is 30.9 Å². The number of hydrogen-bond acceptors (Lipinski definition) is 8. The van der Waals surface area contributed by atoms with Crippen molar-refractivity contribution >= 4 is 23.7 Å². The van der Waals surface area contributed by atoms with Crippen molar-refractivity contribution in [3.05, 3.63) is 60.4 Å². The molecule has 5 rings (SSSR count). The first-order chi connectivity index (χ1) is 18.1. The Morgan fingerprint density at radius 1 is 1.16 bits per heavy atom. The molecular formula is C26H27FN6O5. The minimum Gasteiger partial charge on any atom is -0.444 e. The predicted octanol–water partition coefficient (Wildman–Crippen LogP) is 3.55. The van der Waals surface area contributed by atoms with Crippen molar-refractivity contribution in [1.29, 1.82) is 0 Å². The topological polar surface area (TPSA) is 120 Å². The van der Waals surface area contributed by atoms with Gasteiger partial charge in [0.2, 0.25) is 0 Å². The Bertz CT molecular complexity index is 1350. The number of hydrogen-bond donors (Lipinski definition) is 0. The van der Waals surface area contributed by atoms with Gasteiger partial charge in [0.1, 0.15) is 23.2 Å². The van der Waals surface area contributed by atoms with E-state index >= 15 is 4.39 Å². The van der Waals surface area contributed by atoms with E-state index in [1.165, 1.54) is 28.3 Å². The third-order valence-electron chi connectivity index (χ3n) is 6.23. The van der Waals surface area contributed by atoms with Crippen LogP contribution in [0.2, 0.25) is 0 Å². The van der Waals surface area contributed by atoms with E-state index in [0.29, 0.717) is 17.8 Å². The van der Waals surface area contributed by atoms with E-state index in [-0.39, 0.29) is 42.6 Å². The summed E-state index contributed by atoms with van der Waals surface area (Å²) in [6, 6.07) is 7.64. The van der Waals surface area contributed by atoms with E-state index in [9.17, 15) is 14.4 Å². The maximum atomic E-state index is 15.1. The van der Waals surface area contributed by atoms with Crippen LogP contribution in [0.15, 0.2) is 48.9 Å². The summed E-state index contributed by atoms with van der Waals surface area (Å²) >= 11 is 0. The van der Waals surface area contributed by atoms with E-state index in [2.05, 4.69) is 15.3 Å². The van der Waals surface area contributed by atoms with E-state index in [4.69, 9.17) is 9.47 Å².